The molecule has 2 rings (SSSR count). The van der Waals surface area contributed by atoms with Crippen molar-refractivity contribution in [2.45, 2.75) is 76.8 Å². The molecule has 0 aromatic rings. The zero-order chi connectivity index (χ0) is 15.3. The molecular weight excluding hydrogens is 276 g/mol. The van der Waals surface area contributed by atoms with E-state index >= 15 is 0 Å². The van der Waals surface area contributed by atoms with E-state index in [1.54, 1.807) is 0 Å². The average molecular weight is 302 g/mol. The number of rotatable bonds is 3. The number of carbonyl (C=O) groups is 1. The highest BCUT2D eigenvalue weighted by atomic mass is 28.4. The predicted molar refractivity (Wildman–Crippen MR) is 76.9 cm³/mol. The molecule has 2 aliphatic rings. The molecule has 0 aliphatic carbocycles. The van der Waals surface area contributed by atoms with E-state index < -0.39 is 20.2 Å². The summed E-state index contributed by atoms with van der Waals surface area (Å²) < 4.78 is 22.8. The van der Waals surface area contributed by atoms with Crippen molar-refractivity contribution in [3.63, 3.8) is 0 Å². The summed E-state index contributed by atoms with van der Waals surface area (Å²) in [6, 6.07) is 0. The van der Waals surface area contributed by atoms with E-state index in [2.05, 4.69) is 33.9 Å². The molecule has 0 amide bonds. The Labute approximate surface area is 122 Å². The fourth-order valence-electron chi connectivity index (χ4n) is 2.16. The smallest absolute Gasteiger partial charge is 0.338 e. The third-order valence-corrected chi connectivity index (χ3v) is 8.91. The van der Waals surface area contributed by atoms with Gasteiger partial charge in [-0.15, -0.1) is 0 Å². The van der Waals surface area contributed by atoms with Crippen molar-refractivity contribution in [1.29, 1.82) is 0 Å². The third-order valence-electron chi connectivity index (χ3n) is 4.41. The van der Waals surface area contributed by atoms with Crippen LogP contribution in [0.25, 0.3) is 0 Å². The maximum absolute atomic E-state index is 11.8. The van der Waals surface area contributed by atoms with Crippen molar-refractivity contribution in [2.24, 2.45) is 0 Å². The van der Waals surface area contributed by atoms with Gasteiger partial charge in [0.25, 0.3) is 0 Å². The number of ether oxygens (including phenoxy) is 3. The van der Waals surface area contributed by atoms with Gasteiger partial charge in [0, 0.05) is 0 Å². The van der Waals surface area contributed by atoms with Gasteiger partial charge in [-0.3, -0.25) is 0 Å². The minimum Gasteiger partial charge on any atom is -0.455 e. The summed E-state index contributed by atoms with van der Waals surface area (Å²) in [5.41, 5.74) is 0. The van der Waals surface area contributed by atoms with Crippen LogP contribution in [0.2, 0.25) is 18.1 Å². The highest BCUT2D eigenvalue weighted by Gasteiger charge is 2.56. The highest BCUT2D eigenvalue weighted by Crippen LogP contribution is 2.39. The monoisotopic (exact) mass is 302 g/mol. The molecule has 0 aromatic heterocycles. The van der Waals surface area contributed by atoms with Crippen LogP contribution >= 0.6 is 0 Å². The van der Waals surface area contributed by atoms with E-state index in [0.717, 1.165) is 0 Å². The van der Waals surface area contributed by atoms with Crippen LogP contribution in [-0.2, 0) is 23.4 Å². The Balaban J connectivity index is 2.00. The molecule has 0 bridgehead atoms. The van der Waals surface area contributed by atoms with Crippen LogP contribution in [0.1, 0.15) is 34.6 Å². The number of esters is 1. The Morgan fingerprint density at radius 3 is 2.40 bits per heavy atom. The Bertz CT molecular complexity index is 399. The van der Waals surface area contributed by atoms with E-state index in [4.69, 9.17) is 18.6 Å². The quantitative estimate of drug-likeness (QED) is 0.592. The van der Waals surface area contributed by atoms with Gasteiger partial charge in [0.2, 0.25) is 0 Å². The molecule has 116 valence electrons. The Hall–Kier alpha value is -0.433. The van der Waals surface area contributed by atoms with Gasteiger partial charge in [0.15, 0.2) is 26.3 Å². The predicted octanol–water partition coefficient (Wildman–Crippen LogP) is 2.45. The summed E-state index contributed by atoms with van der Waals surface area (Å²) in [4.78, 5) is 11.8. The lowest BCUT2D eigenvalue weighted by Gasteiger charge is -2.37. The second-order valence-corrected chi connectivity index (χ2v) is 12.4. The van der Waals surface area contributed by atoms with Crippen molar-refractivity contribution < 1.29 is 23.4 Å². The topological polar surface area (TPSA) is 54.0 Å². The van der Waals surface area contributed by atoms with Gasteiger partial charge in [-0.2, -0.15) is 0 Å². The van der Waals surface area contributed by atoms with E-state index in [-0.39, 0.29) is 23.2 Å². The van der Waals surface area contributed by atoms with Crippen molar-refractivity contribution in [3.8, 4) is 0 Å². The van der Waals surface area contributed by atoms with Gasteiger partial charge in [-0.25, -0.2) is 4.79 Å². The van der Waals surface area contributed by atoms with Crippen LogP contribution in [0.5, 0.6) is 0 Å². The van der Waals surface area contributed by atoms with Gasteiger partial charge in [-0.05, 0) is 32.0 Å². The summed E-state index contributed by atoms with van der Waals surface area (Å²) in [6.07, 6.45) is -1.34. The third kappa shape index (κ3) is 2.93. The molecule has 0 N–H and O–H groups in total. The lowest BCUT2D eigenvalue weighted by atomic mass is 10.1. The molecule has 0 radical (unpaired) electrons. The van der Waals surface area contributed by atoms with Crippen LogP contribution in [0.4, 0.5) is 0 Å². The molecule has 2 heterocycles. The van der Waals surface area contributed by atoms with E-state index in [1.807, 2.05) is 13.8 Å². The molecule has 0 aromatic carbocycles. The molecule has 2 fully saturated rings. The van der Waals surface area contributed by atoms with Crippen molar-refractivity contribution in [1.82, 2.24) is 0 Å². The molecule has 0 saturated carbocycles. The summed E-state index contributed by atoms with van der Waals surface area (Å²) in [7, 11) is -1.86. The van der Waals surface area contributed by atoms with Gasteiger partial charge < -0.3 is 18.6 Å². The Morgan fingerprint density at radius 1 is 1.25 bits per heavy atom. The van der Waals surface area contributed by atoms with Crippen LogP contribution in [0, 0.1) is 0 Å². The zero-order valence-corrected chi connectivity index (χ0v) is 14.5. The first kappa shape index (κ1) is 15.9. The second-order valence-electron chi connectivity index (χ2n) is 7.57. The second kappa shape index (κ2) is 4.80. The summed E-state index contributed by atoms with van der Waals surface area (Å²) in [6.45, 7) is 14.9. The number of cyclic esters (lactones) is 1. The molecule has 3 atom stereocenters. The largest absolute Gasteiger partial charge is 0.455 e. The fraction of sp³-hybridized carbons (Fsp3) is 0.929. The Morgan fingerprint density at radius 2 is 1.85 bits per heavy atom. The lowest BCUT2D eigenvalue weighted by molar-refractivity contribution is -0.188. The van der Waals surface area contributed by atoms with Crippen LogP contribution in [0.15, 0.2) is 0 Å². The first-order valence-corrected chi connectivity index (χ1v) is 10.0. The van der Waals surface area contributed by atoms with Crippen LogP contribution in [0.3, 0.4) is 0 Å². The first-order valence-electron chi connectivity index (χ1n) is 7.13. The minimum absolute atomic E-state index is 0.126. The maximum atomic E-state index is 11.8. The molecule has 0 unspecified atom stereocenters. The molecule has 5 nitrogen and oxygen atoms in total. The van der Waals surface area contributed by atoms with E-state index in [0.29, 0.717) is 6.61 Å². The summed E-state index contributed by atoms with van der Waals surface area (Å²) in [5.74, 6) is -1.08. The van der Waals surface area contributed by atoms with Crippen molar-refractivity contribution in [2.75, 3.05) is 6.61 Å². The van der Waals surface area contributed by atoms with E-state index in [9.17, 15) is 4.79 Å². The summed E-state index contributed by atoms with van der Waals surface area (Å²) >= 11 is 0. The molecular formula is C14H26O5Si. The average Bonchev–Trinajstić information content (AvgIpc) is 2.70. The first-order chi connectivity index (χ1) is 8.93. The number of hydrogen-bond acceptors (Lipinski definition) is 5. The molecule has 6 heteroatoms. The highest BCUT2D eigenvalue weighted by molar-refractivity contribution is 6.74. The summed E-state index contributed by atoms with van der Waals surface area (Å²) in [5, 5.41) is 0.126. The molecule has 20 heavy (non-hydrogen) atoms. The van der Waals surface area contributed by atoms with Gasteiger partial charge in [0.1, 0.15) is 6.10 Å². The van der Waals surface area contributed by atoms with Gasteiger partial charge in [-0.1, -0.05) is 20.8 Å². The van der Waals surface area contributed by atoms with Crippen LogP contribution < -0.4 is 0 Å². The minimum atomic E-state index is -1.86. The van der Waals surface area contributed by atoms with Crippen molar-refractivity contribution in [3.05, 3.63) is 0 Å². The fourth-order valence-corrected chi connectivity index (χ4v) is 3.18. The van der Waals surface area contributed by atoms with Gasteiger partial charge >= 0.3 is 5.97 Å². The number of hydrogen-bond donors (Lipinski definition) is 0. The van der Waals surface area contributed by atoms with Crippen molar-refractivity contribution >= 4 is 14.3 Å². The number of carbonyl (C=O) groups excluding carboxylic acids is 1. The lowest BCUT2D eigenvalue weighted by Crippen LogP contribution is -2.44. The maximum Gasteiger partial charge on any atom is 0.338 e. The SMILES string of the molecule is CC1(C)O[C@@H]2[C@@H](CO[Si](C)(C)C(C)(C)C)OC(=O)[C@@H]2O1. The molecule has 2 saturated heterocycles. The molecule has 2 aliphatic heterocycles. The zero-order valence-electron chi connectivity index (χ0n) is 13.5. The molecule has 0 spiro atoms. The van der Waals surface area contributed by atoms with E-state index in [1.165, 1.54) is 0 Å². The standard InChI is InChI=1S/C14H26O5Si/c1-13(2,3)20(6,7)16-8-9-10-11(12(15)17-9)19-14(4,5)18-10/h9-11H,8H2,1-7H3/t9-,10-,11-/m1/s1. The van der Waals surface area contributed by atoms with Gasteiger partial charge in [0.05, 0.1) is 6.61 Å². The number of fused-ring (bicyclic) bond motifs is 1. The van der Waals surface area contributed by atoms with Crippen LogP contribution in [-0.4, -0.2) is 45.0 Å². The normalized spacial score (nSPS) is 33.1. The Kier molecular flexibility index (Phi) is 3.82.